The van der Waals surface area contributed by atoms with Crippen LogP contribution < -0.4 is 11.2 Å². The van der Waals surface area contributed by atoms with E-state index in [2.05, 4.69) is 14.5 Å². The molecule has 13 nitrogen and oxygen atoms in total. The highest BCUT2D eigenvalue weighted by atomic mass is 31.2. The van der Waals surface area contributed by atoms with Crippen molar-refractivity contribution in [2.24, 2.45) is 0 Å². The molecule has 14 heteroatoms. The van der Waals surface area contributed by atoms with Gasteiger partial charge in [-0.3, -0.25) is 28.0 Å². The molecule has 0 spiro atoms. The number of aromatic amines is 1. The molecule has 0 unspecified atom stereocenters. The van der Waals surface area contributed by atoms with Gasteiger partial charge in [-0.25, -0.2) is 14.4 Å². The van der Waals surface area contributed by atoms with Crippen LogP contribution in [0.3, 0.4) is 0 Å². The SMILES string of the molecule is CC(C)OC(=O)OCOP(=O)(C/C=C\Cn1ccc(=O)[nH]c1=O)OCOC(=O)OC(C)C. The molecule has 1 aromatic heterocycles. The molecule has 0 aliphatic rings. The number of carbonyl (C=O) groups excluding carboxylic acids is 2. The van der Waals surface area contributed by atoms with Crippen molar-refractivity contribution in [2.75, 3.05) is 19.7 Å². The second-order valence-corrected chi connectivity index (χ2v) is 8.75. The molecule has 0 aromatic carbocycles. The first-order valence-electron chi connectivity index (χ1n) is 9.50. The molecule has 1 rings (SSSR count). The molecule has 0 radical (unpaired) electrons. The van der Waals surface area contributed by atoms with Crippen LogP contribution in [0, 0.1) is 0 Å². The monoisotopic (exact) mass is 478 g/mol. The highest BCUT2D eigenvalue weighted by molar-refractivity contribution is 7.54. The standard InChI is InChI=1S/C18H27N2O11P/c1-13(2)30-17(23)26-11-28-32(25,29-12-27-18(24)31-14(3)4)10-6-5-8-20-9-7-15(21)19-16(20)22/h5-7,9,13-14H,8,10-12H2,1-4H3,(H,19,21,22)/b6-5-. The van der Waals surface area contributed by atoms with Gasteiger partial charge in [0.05, 0.1) is 18.4 Å². The Morgan fingerprint density at radius 3 is 2.00 bits per heavy atom. The average molecular weight is 478 g/mol. The summed E-state index contributed by atoms with van der Waals surface area (Å²) >= 11 is 0. The van der Waals surface area contributed by atoms with E-state index in [1.165, 1.54) is 29.0 Å². The lowest BCUT2D eigenvalue weighted by molar-refractivity contribution is -0.0298. The highest BCUT2D eigenvalue weighted by Crippen LogP contribution is 2.48. The van der Waals surface area contributed by atoms with Gasteiger partial charge in [0.1, 0.15) is 0 Å². The summed E-state index contributed by atoms with van der Waals surface area (Å²) in [5.41, 5.74) is -1.15. The number of nitrogens with one attached hydrogen (secondary N) is 1. The van der Waals surface area contributed by atoms with Crippen molar-refractivity contribution in [1.29, 1.82) is 0 Å². The molecule has 1 N–H and O–H groups in total. The number of ether oxygens (including phenoxy) is 4. The van der Waals surface area contributed by atoms with Gasteiger partial charge in [-0.2, -0.15) is 0 Å². The Morgan fingerprint density at radius 1 is 1.00 bits per heavy atom. The lowest BCUT2D eigenvalue weighted by atomic mass is 10.5. The first-order chi connectivity index (χ1) is 15.0. The summed E-state index contributed by atoms with van der Waals surface area (Å²) in [6.45, 7) is 5.03. The first-order valence-corrected chi connectivity index (χ1v) is 11.2. The van der Waals surface area contributed by atoms with Gasteiger partial charge in [0.25, 0.3) is 5.56 Å². The fourth-order valence-corrected chi connectivity index (χ4v) is 3.00. The molecule has 0 aliphatic carbocycles. The summed E-state index contributed by atoms with van der Waals surface area (Å²) in [4.78, 5) is 47.6. The summed E-state index contributed by atoms with van der Waals surface area (Å²) in [6, 6.07) is 1.17. The molecule has 180 valence electrons. The predicted octanol–water partition coefficient (Wildman–Crippen LogP) is 2.36. The molecule has 0 fully saturated rings. The zero-order chi connectivity index (χ0) is 24.1. The Labute approximate surface area is 183 Å². The third kappa shape index (κ3) is 11.5. The summed E-state index contributed by atoms with van der Waals surface area (Å²) < 4.78 is 43.0. The van der Waals surface area contributed by atoms with E-state index in [-0.39, 0.29) is 12.7 Å². The highest BCUT2D eigenvalue weighted by Gasteiger charge is 2.25. The summed E-state index contributed by atoms with van der Waals surface area (Å²) in [6.07, 6.45) is 0.928. The normalized spacial score (nSPS) is 11.7. The average Bonchev–Trinajstić information content (AvgIpc) is 2.65. The van der Waals surface area contributed by atoms with Crippen LogP contribution in [-0.2, 0) is 39.1 Å². The van der Waals surface area contributed by atoms with Gasteiger partial charge >= 0.3 is 25.6 Å². The van der Waals surface area contributed by atoms with E-state index in [1.807, 2.05) is 0 Å². The minimum atomic E-state index is -3.94. The molecule has 0 saturated carbocycles. The van der Waals surface area contributed by atoms with Gasteiger partial charge in [0, 0.05) is 18.8 Å². The van der Waals surface area contributed by atoms with Gasteiger partial charge in [0.15, 0.2) is 0 Å². The number of carbonyl (C=O) groups is 2. The second kappa shape index (κ2) is 13.5. The Morgan fingerprint density at radius 2 is 1.53 bits per heavy atom. The molecular weight excluding hydrogens is 451 g/mol. The third-order valence-corrected chi connectivity index (χ3v) is 4.87. The predicted molar refractivity (Wildman–Crippen MR) is 110 cm³/mol. The quantitative estimate of drug-likeness (QED) is 0.203. The Kier molecular flexibility index (Phi) is 11.5. The lowest BCUT2D eigenvalue weighted by Crippen LogP contribution is -2.28. The van der Waals surface area contributed by atoms with E-state index < -0.39 is 56.9 Å². The Balaban J connectivity index is 2.69. The van der Waals surface area contributed by atoms with E-state index in [1.54, 1.807) is 27.7 Å². The number of nitrogens with zero attached hydrogens (tertiary/aromatic N) is 1. The van der Waals surface area contributed by atoms with Crippen molar-refractivity contribution >= 4 is 19.9 Å². The summed E-state index contributed by atoms with van der Waals surface area (Å²) in [5.74, 6) is 0. The van der Waals surface area contributed by atoms with E-state index in [0.717, 1.165) is 0 Å². The second-order valence-electron chi connectivity index (χ2n) is 6.64. The van der Waals surface area contributed by atoms with Crippen LogP contribution in [0.2, 0.25) is 0 Å². The molecule has 0 atom stereocenters. The third-order valence-electron chi connectivity index (χ3n) is 3.21. The van der Waals surface area contributed by atoms with Crippen LogP contribution >= 0.6 is 7.60 Å². The van der Waals surface area contributed by atoms with Crippen molar-refractivity contribution in [3.8, 4) is 0 Å². The molecule has 1 heterocycles. The van der Waals surface area contributed by atoms with Crippen molar-refractivity contribution in [2.45, 2.75) is 46.4 Å². The number of H-pyrrole nitrogens is 1. The van der Waals surface area contributed by atoms with Crippen molar-refractivity contribution in [3.05, 3.63) is 45.3 Å². The summed E-state index contributed by atoms with van der Waals surface area (Å²) in [5, 5.41) is 0. The molecule has 0 bridgehead atoms. The first kappa shape index (κ1) is 27.1. The number of rotatable bonds is 12. The van der Waals surface area contributed by atoms with Crippen molar-refractivity contribution in [3.63, 3.8) is 0 Å². The van der Waals surface area contributed by atoms with Crippen LogP contribution in [-0.4, -0.2) is 53.8 Å². The molecule has 0 aliphatic heterocycles. The molecule has 0 saturated heterocycles. The minimum Gasteiger partial charge on any atom is -0.432 e. The van der Waals surface area contributed by atoms with Gasteiger partial charge in [-0.05, 0) is 27.7 Å². The Hall–Kier alpha value is -2.89. The number of aromatic nitrogens is 2. The topological polar surface area (TPSA) is 161 Å². The van der Waals surface area contributed by atoms with Gasteiger partial charge < -0.3 is 18.9 Å². The zero-order valence-electron chi connectivity index (χ0n) is 18.2. The van der Waals surface area contributed by atoms with E-state index in [4.69, 9.17) is 18.5 Å². The smallest absolute Gasteiger partial charge is 0.432 e. The number of hydrogen-bond acceptors (Lipinski definition) is 11. The maximum absolute atomic E-state index is 12.9. The van der Waals surface area contributed by atoms with E-state index in [9.17, 15) is 23.7 Å². The molecular formula is C18H27N2O11P. The fraction of sp³-hybridized carbons (Fsp3) is 0.556. The van der Waals surface area contributed by atoms with Gasteiger partial charge in [-0.15, -0.1) is 0 Å². The lowest BCUT2D eigenvalue weighted by Gasteiger charge is -2.17. The minimum absolute atomic E-state index is 0.0596. The van der Waals surface area contributed by atoms with Crippen molar-refractivity contribution in [1.82, 2.24) is 9.55 Å². The summed E-state index contributed by atoms with van der Waals surface area (Å²) in [7, 11) is -3.94. The van der Waals surface area contributed by atoms with Gasteiger partial charge in [-0.1, -0.05) is 12.2 Å². The van der Waals surface area contributed by atoms with E-state index >= 15 is 0 Å². The van der Waals surface area contributed by atoms with Crippen LogP contribution in [0.4, 0.5) is 9.59 Å². The largest absolute Gasteiger partial charge is 0.510 e. The fourth-order valence-electron chi connectivity index (χ4n) is 1.88. The Bertz CT molecular complexity index is 903. The zero-order valence-corrected chi connectivity index (χ0v) is 19.1. The molecule has 32 heavy (non-hydrogen) atoms. The van der Waals surface area contributed by atoms with Crippen LogP contribution in [0.1, 0.15) is 27.7 Å². The maximum atomic E-state index is 12.9. The van der Waals surface area contributed by atoms with Crippen LogP contribution in [0.5, 0.6) is 0 Å². The number of hydrogen-bond donors (Lipinski definition) is 1. The van der Waals surface area contributed by atoms with E-state index in [0.29, 0.717) is 0 Å². The number of allylic oxidation sites excluding steroid dienone is 2. The van der Waals surface area contributed by atoms with Gasteiger partial charge in [0.2, 0.25) is 13.6 Å². The molecule has 0 amide bonds. The van der Waals surface area contributed by atoms with Crippen LogP contribution in [0.25, 0.3) is 0 Å². The maximum Gasteiger partial charge on any atom is 0.510 e. The van der Waals surface area contributed by atoms with Crippen LogP contribution in [0.15, 0.2) is 34.0 Å². The van der Waals surface area contributed by atoms with Crippen molar-refractivity contribution < 1.29 is 42.1 Å². The molecule has 1 aromatic rings.